The lowest BCUT2D eigenvalue weighted by atomic mass is 10.2. The van der Waals surface area contributed by atoms with Gasteiger partial charge in [-0.3, -0.25) is 0 Å². The van der Waals surface area contributed by atoms with Crippen molar-refractivity contribution in [3.05, 3.63) is 50.9 Å². The van der Waals surface area contributed by atoms with E-state index >= 15 is 0 Å². The third kappa shape index (κ3) is 3.01. The maximum Gasteiger partial charge on any atom is 0.141 e. The number of benzene rings is 2. The average molecular weight is 357 g/mol. The van der Waals surface area contributed by atoms with Crippen LogP contribution in [0.5, 0.6) is 11.5 Å². The summed E-state index contributed by atoms with van der Waals surface area (Å²) < 4.78 is 7.69. The third-order valence-electron chi connectivity index (χ3n) is 2.36. The molecule has 0 aliphatic carbocycles. The molecule has 0 atom stereocenters. The Labute approximate surface area is 117 Å². The first-order chi connectivity index (χ1) is 8.06. The zero-order chi connectivity index (χ0) is 12.4. The van der Waals surface area contributed by atoms with Crippen LogP contribution in [0.1, 0.15) is 5.56 Å². The third-order valence-corrected chi connectivity index (χ3v) is 3.48. The Hall–Kier alpha value is -1.00. The molecule has 0 aromatic heterocycles. The number of nitrogen functional groups attached to an aromatic ring is 1. The van der Waals surface area contributed by atoms with Crippen LogP contribution in [0, 0.1) is 6.92 Å². The fourth-order valence-corrected chi connectivity index (χ4v) is 2.52. The molecule has 0 saturated carbocycles. The fraction of sp³-hybridized carbons (Fsp3) is 0.0769. The van der Waals surface area contributed by atoms with Gasteiger partial charge in [0.2, 0.25) is 0 Å². The van der Waals surface area contributed by atoms with E-state index in [-0.39, 0.29) is 0 Å². The molecular weight excluding hydrogens is 346 g/mol. The first-order valence-electron chi connectivity index (χ1n) is 5.05. The molecule has 0 unspecified atom stereocenters. The van der Waals surface area contributed by atoms with Crippen LogP contribution >= 0.6 is 31.9 Å². The standard InChI is InChI=1S/C13H11Br2NO/c1-8-6-10(3-4-12(8)16)17-13-5-2-9(14)7-11(13)15/h2-7H,16H2,1H3. The molecule has 2 aromatic rings. The van der Waals surface area contributed by atoms with Crippen LogP contribution in [0.15, 0.2) is 45.3 Å². The lowest BCUT2D eigenvalue weighted by Crippen LogP contribution is -1.91. The highest BCUT2D eigenvalue weighted by Crippen LogP contribution is 2.32. The predicted octanol–water partition coefficient (Wildman–Crippen LogP) is 4.89. The Morgan fingerprint density at radius 1 is 1.06 bits per heavy atom. The van der Waals surface area contributed by atoms with E-state index < -0.39 is 0 Å². The van der Waals surface area contributed by atoms with E-state index in [9.17, 15) is 0 Å². The van der Waals surface area contributed by atoms with Crippen LogP contribution in [0.2, 0.25) is 0 Å². The summed E-state index contributed by atoms with van der Waals surface area (Å²) in [6, 6.07) is 11.4. The van der Waals surface area contributed by atoms with Crippen LogP contribution in [0.25, 0.3) is 0 Å². The lowest BCUT2D eigenvalue weighted by molar-refractivity contribution is 0.479. The number of anilines is 1. The normalized spacial score (nSPS) is 10.3. The molecule has 0 spiro atoms. The molecule has 2 rings (SSSR count). The van der Waals surface area contributed by atoms with Gasteiger partial charge in [0.05, 0.1) is 4.47 Å². The van der Waals surface area contributed by atoms with Crippen LogP contribution in [-0.2, 0) is 0 Å². The molecule has 17 heavy (non-hydrogen) atoms. The number of ether oxygens (including phenoxy) is 1. The Kier molecular flexibility index (Phi) is 3.74. The summed E-state index contributed by atoms with van der Waals surface area (Å²) in [5, 5.41) is 0. The molecule has 0 heterocycles. The zero-order valence-electron chi connectivity index (χ0n) is 9.21. The molecule has 0 amide bonds. The average Bonchev–Trinajstić information content (AvgIpc) is 2.27. The summed E-state index contributed by atoms with van der Waals surface area (Å²) in [6.07, 6.45) is 0. The second-order valence-corrected chi connectivity index (χ2v) is 5.47. The van der Waals surface area contributed by atoms with Gasteiger partial charge in [-0.05, 0) is 64.8 Å². The predicted molar refractivity (Wildman–Crippen MR) is 77.5 cm³/mol. The van der Waals surface area contributed by atoms with Gasteiger partial charge >= 0.3 is 0 Å². The smallest absolute Gasteiger partial charge is 0.141 e. The highest BCUT2D eigenvalue weighted by molar-refractivity contribution is 9.11. The van der Waals surface area contributed by atoms with Crippen LogP contribution in [0.3, 0.4) is 0 Å². The van der Waals surface area contributed by atoms with E-state index in [2.05, 4.69) is 31.9 Å². The van der Waals surface area contributed by atoms with Crippen molar-refractivity contribution in [3.63, 3.8) is 0 Å². The number of halogens is 2. The quantitative estimate of drug-likeness (QED) is 0.777. The first-order valence-corrected chi connectivity index (χ1v) is 6.64. The molecule has 88 valence electrons. The number of aryl methyl sites for hydroxylation is 1. The topological polar surface area (TPSA) is 35.2 Å². The van der Waals surface area contributed by atoms with Crippen molar-refractivity contribution in [1.29, 1.82) is 0 Å². The van der Waals surface area contributed by atoms with Gasteiger partial charge in [0.25, 0.3) is 0 Å². The van der Waals surface area contributed by atoms with E-state index in [1.807, 2.05) is 43.3 Å². The van der Waals surface area contributed by atoms with Gasteiger partial charge in [0, 0.05) is 10.2 Å². The molecule has 4 heteroatoms. The number of nitrogens with two attached hydrogens (primary N) is 1. The zero-order valence-corrected chi connectivity index (χ0v) is 12.4. The van der Waals surface area contributed by atoms with Crippen molar-refractivity contribution in [2.75, 3.05) is 5.73 Å². The number of rotatable bonds is 2. The number of hydrogen-bond donors (Lipinski definition) is 1. The molecule has 0 saturated heterocycles. The molecule has 0 aliphatic heterocycles. The Bertz CT molecular complexity index is 555. The molecule has 2 aromatic carbocycles. The SMILES string of the molecule is Cc1cc(Oc2ccc(Br)cc2Br)ccc1N. The first kappa shape index (κ1) is 12.5. The minimum atomic E-state index is 0.771. The van der Waals surface area contributed by atoms with E-state index in [0.29, 0.717) is 0 Å². The van der Waals surface area contributed by atoms with Crippen LogP contribution < -0.4 is 10.5 Å². The summed E-state index contributed by atoms with van der Waals surface area (Å²) in [7, 11) is 0. The van der Waals surface area contributed by atoms with Crippen LogP contribution in [0.4, 0.5) is 5.69 Å². The highest BCUT2D eigenvalue weighted by atomic mass is 79.9. The van der Waals surface area contributed by atoms with Crippen molar-refractivity contribution in [1.82, 2.24) is 0 Å². The molecule has 2 N–H and O–H groups in total. The van der Waals surface area contributed by atoms with Gasteiger partial charge < -0.3 is 10.5 Å². The number of hydrogen-bond acceptors (Lipinski definition) is 2. The van der Waals surface area contributed by atoms with Crippen molar-refractivity contribution in [2.24, 2.45) is 0 Å². The largest absolute Gasteiger partial charge is 0.456 e. The van der Waals surface area contributed by atoms with Gasteiger partial charge in [-0.15, -0.1) is 0 Å². The summed E-state index contributed by atoms with van der Waals surface area (Å²) in [4.78, 5) is 0. The summed E-state index contributed by atoms with van der Waals surface area (Å²) in [5.41, 5.74) is 7.54. The second kappa shape index (κ2) is 5.10. The second-order valence-electron chi connectivity index (χ2n) is 3.70. The summed E-state index contributed by atoms with van der Waals surface area (Å²) in [6.45, 7) is 1.96. The van der Waals surface area contributed by atoms with Gasteiger partial charge in [-0.2, -0.15) is 0 Å². The van der Waals surface area contributed by atoms with Crippen LogP contribution in [-0.4, -0.2) is 0 Å². The van der Waals surface area contributed by atoms with E-state index in [4.69, 9.17) is 10.5 Å². The molecule has 0 bridgehead atoms. The van der Waals surface area contributed by atoms with Crippen molar-refractivity contribution in [3.8, 4) is 11.5 Å². The Morgan fingerprint density at radius 3 is 2.47 bits per heavy atom. The summed E-state index contributed by atoms with van der Waals surface area (Å²) >= 11 is 6.86. The van der Waals surface area contributed by atoms with Gasteiger partial charge in [0.15, 0.2) is 0 Å². The maximum atomic E-state index is 5.78. The molecule has 0 aliphatic rings. The van der Waals surface area contributed by atoms with Crippen molar-refractivity contribution < 1.29 is 4.74 Å². The molecule has 2 nitrogen and oxygen atoms in total. The molecule has 0 fully saturated rings. The van der Waals surface area contributed by atoms with Crippen molar-refractivity contribution >= 4 is 37.5 Å². The fourth-order valence-electron chi connectivity index (χ4n) is 1.40. The van der Waals surface area contributed by atoms with Crippen molar-refractivity contribution in [2.45, 2.75) is 6.92 Å². The van der Waals surface area contributed by atoms with Gasteiger partial charge in [0.1, 0.15) is 11.5 Å². The van der Waals surface area contributed by atoms with Gasteiger partial charge in [-0.1, -0.05) is 15.9 Å². The van der Waals surface area contributed by atoms with Gasteiger partial charge in [-0.25, -0.2) is 0 Å². The Balaban J connectivity index is 2.28. The summed E-state index contributed by atoms with van der Waals surface area (Å²) in [5.74, 6) is 1.55. The van der Waals surface area contributed by atoms with E-state index in [1.54, 1.807) is 0 Å². The van der Waals surface area contributed by atoms with E-state index in [1.165, 1.54) is 0 Å². The molecular formula is C13H11Br2NO. The minimum absolute atomic E-state index is 0.771. The Morgan fingerprint density at radius 2 is 1.82 bits per heavy atom. The maximum absolute atomic E-state index is 5.78. The van der Waals surface area contributed by atoms with E-state index in [0.717, 1.165) is 31.7 Å². The highest BCUT2D eigenvalue weighted by Gasteiger charge is 2.04. The minimum Gasteiger partial charge on any atom is -0.456 e. The lowest BCUT2D eigenvalue weighted by Gasteiger charge is -2.09. The molecule has 0 radical (unpaired) electrons. The monoisotopic (exact) mass is 355 g/mol.